The van der Waals surface area contributed by atoms with Gasteiger partial charge in [-0.15, -0.1) is 0 Å². The highest BCUT2D eigenvalue weighted by atomic mass is 35.5. The SMILES string of the molecule is O=C(c1cccc(Cl)c1)N1CCOCC2(C1)CN(c1cccnc1)C(=O)CO2. The van der Waals surface area contributed by atoms with Crippen molar-refractivity contribution in [3.8, 4) is 0 Å². The molecule has 2 amide bonds. The van der Waals surface area contributed by atoms with Crippen molar-refractivity contribution in [1.29, 1.82) is 0 Å². The molecule has 0 N–H and O–H groups in total. The number of morpholine rings is 1. The standard InChI is InChI=1S/C20H20ClN3O4/c21-16-4-1-3-15(9-16)19(26)23-7-8-27-14-20(12-23)13-24(18(25)11-28-20)17-5-2-6-22-10-17/h1-6,9-10H,7-8,11-14H2. The lowest BCUT2D eigenvalue weighted by molar-refractivity contribution is -0.145. The van der Waals surface area contributed by atoms with Gasteiger partial charge in [0.2, 0.25) is 0 Å². The Bertz CT molecular complexity index is 879. The lowest BCUT2D eigenvalue weighted by atomic mass is 10.0. The molecule has 2 fully saturated rings. The highest BCUT2D eigenvalue weighted by Gasteiger charge is 2.44. The Hall–Kier alpha value is -2.48. The predicted octanol–water partition coefficient (Wildman–Crippen LogP) is 2.01. The number of ether oxygens (including phenoxy) is 2. The smallest absolute Gasteiger partial charge is 0.254 e. The number of pyridine rings is 1. The van der Waals surface area contributed by atoms with Gasteiger partial charge in [0.1, 0.15) is 12.2 Å². The molecule has 4 rings (SSSR count). The van der Waals surface area contributed by atoms with Gasteiger partial charge in [-0.3, -0.25) is 14.6 Å². The summed E-state index contributed by atoms with van der Waals surface area (Å²) in [6.45, 7) is 1.68. The molecule has 1 unspecified atom stereocenters. The molecule has 3 heterocycles. The van der Waals surface area contributed by atoms with Crippen molar-refractivity contribution in [3.05, 3.63) is 59.4 Å². The third kappa shape index (κ3) is 3.87. The van der Waals surface area contributed by atoms with Gasteiger partial charge in [0.05, 0.1) is 38.2 Å². The summed E-state index contributed by atoms with van der Waals surface area (Å²) in [5, 5.41) is 0.508. The molecule has 28 heavy (non-hydrogen) atoms. The van der Waals surface area contributed by atoms with Crippen LogP contribution in [0.3, 0.4) is 0 Å². The van der Waals surface area contributed by atoms with Crippen LogP contribution in [-0.4, -0.2) is 66.8 Å². The average Bonchev–Trinajstić information content (AvgIpc) is 2.93. The van der Waals surface area contributed by atoms with Crippen LogP contribution < -0.4 is 4.90 Å². The van der Waals surface area contributed by atoms with Crippen molar-refractivity contribution < 1.29 is 19.1 Å². The lowest BCUT2D eigenvalue weighted by Crippen LogP contribution is -2.61. The van der Waals surface area contributed by atoms with E-state index in [1.807, 2.05) is 6.07 Å². The molecule has 2 saturated heterocycles. The summed E-state index contributed by atoms with van der Waals surface area (Å²) in [6, 6.07) is 10.5. The van der Waals surface area contributed by atoms with Crippen molar-refractivity contribution in [3.63, 3.8) is 0 Å². The van der Waals surface area contributed by atoms with Gasteiger partial charge in [-0.1, -0.05) is 17.7 Å². The molecule has 0 bridgehead atoms. The molecule has 2 aliphatic heterocycles. The van der Waals surface area contributed by atoms with Crippen LogP contribution in [0.15, 0.2) is 48.8 Å². The Balaban J connectivity index is 1.58. The molecule has 1 spiro atoms. The number of rotatable bonds is 2. The van der Waals surface area contributed by atoms with Crippen LogP contribution in [0.4, 0.5) is 5.69 Å². The third-order valence-electron chi connectivity index (χ3n) is 4.92. The highest BCUT2D eigenvalue weighted by molar-refractivity contribution is 6.30. The molecule has 0 radical (unpaired) electrons. The zero-order chi connectivity index (χ0) is 19.6. The topological polar surface area (TPSA) is 72.0 Å². The van der Waals surface area contributed by atoms with Gasteiger partial charge in [0.15, 0.2) is 0 Å². The van der Waals surface area contributed by atoms with Gasteiger partial charge in [-0.25, -0.2) is 0 Å². The normalized spacial score (nSPS) is 23.0. The number of amides is 2. The largest absolute Gasteiger partial charge is 0.376 e. The molecule has 7 nitrogen and oxygen atoms in total. The molecule has 0 aliphatic carbocycles. The van der Waals surface area contributed by atoms with E-state index in [-0.39, 0.29) is 25.0 Å². The summed E-state index contributed by atoms with van der Waals surface area (Å²) in [4.78, 5) is 32.9. The molecule has 2 aliphatic rings. The van der Waals surface area contributed by atoms with Gasteiger partial charge >= 0.3 is 0 Å². The highest BCUT2D eigenvalue weighted by Crippen LogP contribution is 2.27. The second-order valence-corrected chi connectivity index (χ2v) is 7.39. The quantitative estimate of drug-likeness (QED) is 0.769. The minimum atomic E-state index is -0.797. The van der Waals surface area contributed by atoms with E-state index in [0.717, 1.165) is 0 Å². The van der Waals surface area contributed by atoms with E-state index in [1.54, 1.807) is 52.5 Å². The minimum absolute atomic E-state index is 0.0720. The molecule has 0 saturated carbocycles. The van der Waals surface area contributed by atoms with E-state index in [0.29, 0.717) is 42.6 Å². The van der Waals surface area contributed by atoms with E-state index in [1.165, 1.54) is 0 Å². The first-order valence-electron chi connectivity index (χ1n) is 9.03. The van der Waals surface area contributed by atoms with Crippen molar-refractivity contribution in [2.75, 3.05) is 44.4 Å². The Kier molecular flexibility index (Phi) is 5.30. The molecule has 1 atom stereocenters. The molecule has 2 aromatic rings. The molecule has 146 valence electrons. The van der Waals surface area contributed by atoms with Crippen LogP contribution >= 0.6 is 11.6 Å². The van der Waals surface area contributed by atoms with Crippen molar-refractivity contribution in [2.45, 2.75) is 5.60 Å². The van der Waals surface area contributed by atoms with Crippen molar-refractivity contribution >= 4 is 29.1 Å². The maximum atomic E-state index is 13.0. The molecule has 8 heteroatoms. The van der Waals surface area contributed by atoms with Crippen LogP contribution in [0.2, 0.25) is 5.02 Å². The van der Waals surface area contributed by atoms with Crippen LogP contribution in [0.5, 0.6) is 0 Å². The second kappa shape index (κ2) is 7.87. The van der Waals surface area contributed by atoms with E-state index < -0.39 is 5.60 Å². The summed E-state index contributed by atoms with van der Waals surface area (Å²) in [5.74, 6) is -0.281. The molecular formula is C20H20ClN3O4. The summed E-state index contributed by atoms with van der Waals surface area (Å²) >= 11 is 6.04. The van der Waals surface area contributed by atoms with Crippen LogP contribution in [0.1, 0.15) is 10.4 Å². The van der Waals surface area contributed by atoms with E-state index in [9.17, 15) is 9.59 Å². The second-order valence-electron chi connectivity index (χ2n) is 6.95. The van der Waals surface area contributed by atoms with Gasteiger partial charge in [0, 0.05) is 23.3 Å². The van der Waals surface area contributed by atoms with E-state index in [4.69, 9.17) is 21.1 Å². The zero-order valence-electron chi connectivity index (χ0n) is 15.2. The van der Waals surface area contributed by atoms with Crippen molar-refractivity contribution in [2.24, 2.45) is 0 Å². The number of carbonyl (C=O) groups is 2. The molecule has 1 aromatic heterocycles. The number of carbonyl (C=O) groups excluding carboxylic acids is 2. The van der Waals surface area contributed by atoms with Crippen LogP contribution in [-0.2, 0) is 14.3 Å². The Labute approximate surface area is 167 Å². The number of aromatic nitrogens is 1. The molecular weight excluding hydrogens is 382 g/mol. The Morgan fingerprint density at radius 1 is 1.21 bits per heavy atom. The Morgan fingerprint density at radius 2 is 2.11 bits per heavy atom. The third-order valence-corrected chi connectivity index (χ3v) is 5.15. The Morgan fingerprint density at radius 3 is 2.89 bits per heavy atom. The lowest BCUT2D eigenvalue weighted by Gasteiger charge is -2.42. The van der Waals surface area contributed by atoms with E-state index >= 15 is 0 Å². The van der Waals surface area contributed by atoms with Crippen molar-refractivity contribution in [1.82, 2.24) is 9.88 Å². The maximum absolute atomic E-state index is 13.0. The fraction of sp³-hybridized carbons (Fsp3) is 0.350. The summed E-state index contributed by atoms with van der Waals surface area (Å²) in [6.07, 6.45) is 3.30. The molecule has 1 aromatic carbocycles. The summed E-state index contributed by atoms with van der Waals surface area (Å²) in [7, 11) is 0. The fourth-order valence-corrected chi connectivity index (χ4v) is 3.72. The minimum Gasteiger partial charge on any atom is -0.376 e. The summed E-state index contributed by atoms with van der Waals surface area (Å²) < 4.78 is 11.7. The monoisotopic (exact) mass is 401 g/mol. The van der Waals surface area contributed by atoms with Gasteiger partial charge in [-0.2, -0.15) is 0 Å². The number of benzene rings is 1. The summed E-state index contributed by atoms with van der Waals surface area (Å²) in [5.41, 5.74) is 0.418. The number of anilines is 1. The van der Waals surface area contributed by atoms with Crippen LogP contribution in [0, 0.1) is 0 Å². The number of halogens is 1. The number of hydrogen-bond acceptors (Lipinski definition) is 5. The number of hydrogen-bond donors (Lipinski definition) is 0. The van der Waals surface area contributed by atoms with Gasteiger partial charge < -0.3 is 19.3 Å². The van der Waals surface area contributed by atoms with E-state index in [2.05, 4.69) is 4.98 Å². The maximum Gasteiger partial charge on any atom is 0.254 e. The zero-order valence-corrected chi connectivity index (χ0v) is 16.0. The first kappa shape index (κ1) is 18.9. The van der Waals surface area contributed by atoms with Gasteiger partial charge in [0.25, 0.3) is 11.8 Å². The predicted molar refractivity (Wildman–Crippen MR) is 103 cm³/mol. The van der Waals surface area contributed by atoms with Gasteiger partial charge in [-0.05, 0) is 30.3 Å². The first-order valence-corrected chi connectivity index (χ1v) is 9.41. The van der Waals surface area contributed by atoms with Crippen LogP contribution in [0.25, 0.3) is 0 Å². The fourth-order valence-electron chi connectivity index (χ4n) is 3.53. The first-order chi connectivity index (χ1) is 13.6. The number of nitrogens with zero attached hydrogens (tertiary/aromatic N) is 3. The average molecular weight is 402 g/mol.